The first-order chi connectivity index (χ1) is 11.1. The van der Waals surface area contributed by atoms with E-state index in [0.29, 0.717) is 6.04 Å². The fourth-order valence-corrected chi connectivity index (χ4v) is 2.82. The number of nitrogens with zero attached hydrogens (tertiary/aromatic N) is 5. The van der Waals surface area contributed by atoms with Gasteiger partial charge in [0.05, 0.1) is 5.69 Å². The predicted octanol–water partition coefficient (Wildman–Crippen LogP) is 1.65. The van der Waals surface area contributed by atoms with E-state index < -0.39 is 0 Å². The number of carbonyl (C=O) groups excluding carboxylic acids is 1. The number of hydrogen-bond donors (Lipinski definition) is 1. The van der Waals surface area contributed by atoms with E-state index >= 15 is 0 Å². The average Bonchev–Trinajstić information content (AvgIpc) is 3.11. The lowest BCUT2D eigenvalue weighted by molar-refractivity contribution is -0.135. The molecule has 0 spiro atoms. The van der Waals surface area contributed by atoms with Gasteiger partial charge in [-0.15, -0.1) is 5.10 Å². The summed E-state index contributed by atoms with van der Waals surface area (Å²) in [5.41, 5.74) is 0.906. The van der Waals surface area contributed by atoms with Crippen LogP contribution in [0.3, 0.4) is 0 Å². The van der Waals surface area contributed by atoms with Gasteiger partial charge < -0.3 is 10.2 Å². The Kier molecular flexibility index (Phi) is 4.55. The van der Waals surface area contributed by atoms with E-state index in [4.69, 9.17) is 0 Å². The Labute approximate surface area is 135 Å². The maximum absolute atomic E-state index is 12.5. The number of likely N-dealkylation sites (tertiary alicyclic amines) is 1. The van der Waals surface area contributed by atoms with Gasteiger partial charge in [-0.1, -0.05) is 0 Å². The van der Waals surface area contributed by atoms with E-state index in [2.05, 4.69) is 20.6 Å². The highest BCUT2D eigenvalue weighted by Crippen LogP contribution is 2.18. The first kappa shape index (κ1) is 15.5. The lowest BCUT2D eigenvalue weighted by Gasteiger charge is -2.34. The lowest BCUT2D eigenvalue weighted by atomic mass is 10.0. The number of carbonyl (C=O) groups is 1. The van der Waals surface area contributed by atoms with E-state index in [1.54, 1.807) is 10.9 Å². The van der Waals surface area contributed by atoms with Crippen molar-refractivity contribution in [1.29, 1.82) is 0 Å². The van der Waals surface area contributed by atoms with Gasteiger partial charge in [0.2, 0.25) is 5.91 Å². The summed E-state index contributed by atoms with van der Waals surface area (Å²) >= 11 is 0. The van der Waals surface area contributed by atoms with E-state index in [9.17, 15) is 4.79 Å². The molecule has 122 valence electrons. The zero-order valence-electron chi connectivity index (χ0n) is 13.5. The van der Waals surface area contributed by atoms with Gasteiger partial charge in [-0.25, -0.2) is 0 Å². The van der Waals surface area contributed by atoms with Crippen molar-refractivity contribution in [3.05, 3.63) is 36.3 Å². The van der Waals surface area contributed by atoms with Crippen molar-refractivity contribution < 1.29 is 4.79 Å². The van der Waals surface area contributed by atoms with Gasteiger partial charge in [0, 0.05) is 31.5 Å². The van der Waals surface area contributed by atoms with Gasteiger partial charge in [-0.05, 0) is 44.9 Å². The SMILES string of the molecule is Cc1ccc(NC2CCN(C(=O)[C@H](C)n3cccn3)CC2)nn1. The number of anilines is 1. The van der Waals surface area contributed by atoms with Crippen LogP contribution in [0, 0.1) is 6.92 Å². The van der Waals surface area contributed by atoms with Crippen molar-refractivity contribution in [3.63, 3.8) is 0 Å². The Hall–Kier alpha value is -2.44. The Balaban J connectivity index is 1.52. The highest BCUT2D eigenvalue weighted by molar-refractivity contribution is 5.80. The van der Waals surface area contributed by atoms with Gasteiger partial charge in [0.15, 0.2) is 0 Å². The molecule has 1 fully saturated rings. The molecular weight excluding hydrogens is 292 g/mol. The second-order valence-corrected chi connectivity index (χ2v) is 5.97. The zero-order valence-corrected chi connectivity index (χ0v) is 13.5. The normalized spacial score (nSPS) is 17.0. The summed E-state index contributed by atoms with van der Waals surface area (Å²) in [5.74, 6) is 0.924. The van der Waals surface area contributed by atoms with E-state index in [0.717, 1.165) is 37.4 Å². The van der Waals surface area contributed by atoms with Crippen LogP contribution in [0.5, 0.6) is 0 Å². The molecule has 1 amide bonds. The van der Waals surface area contributed by atoms with Gasteiger partial charge in [-0.3, -0.25) is 9.48 Å². The van der Waals surface area contributed by atoms with Gasteiger partial charge in [-0.2, -0.15) is 10.2 Å². The van der Waals surface area contributed by atoms with Crippen LogP contribution in [0.2, 0.25) is 0 Å². The first-order valence-electron chi connectivity index (χ1n) is 7.98. The molecule has 1 saturated heterocycles. The number of piperidine rings is 1. The monoisotopic (exact) mass is 314 g/mol. The minimum absolute atomic E-state index is 0.127. The van der Waals surface area contributed by atoms with Crippen LogP contribution >= 0.6 is 0 Å². The summed E-state index contributed by atoms with van der Waals surface area (Å²) in [6.45, 7) is 5.31. The highest BCUT2D eigenvalue weighted by Gasteiger charge is 2.27. The summed E-state index contributed by atoms with van der Waals surface area (Å²) in [5, 5.41) is 15.7. The van der Waals surface area contributed by atoms with Crippen molar-refractivity contribution in [2.45, 2.75) is 38.8 Å². The molecule has 1 N–H and O–H groups in total. The molecule has 23 heavy (non-hydrogen) atoms. The molecule has 1 atom stereocenters. The van der Waals surface area contributed by atoms with Gasteiger partial charge in [0.1, 0.15) is 11.9 Å². The third-order valence-corrected chi connectivity index (χ3v) is 4.24. The summed E-state index contributed by atoms with van der Waals surface area (Å²) in [4.78, 5) is 14.4. The molecule has 7 nitrogen and oxygen atoms in total. The number of amides is 1. The predicted molar refractivity (Wildman–Crippen MR) is 86.9 cm³/mol. The molecule has 0 radical (unpaired) electrons. The van der Waals surface area contributed by atoms with Crippen molar-refractivity contribution in [3.8, 4) is 0 Å². The molecule has 2 aromatic heterocycles. The summed E-state index contributed by atoms with van der Waals surface area (Å²) < 4.78 is 1.70. The lowest BCUT2D eigenvalue weighted by Crippen LogP contribution is -2.44. The molecule has 0 aromatic carbocycles. The molecule has 0 unspecified atom stereocenters. The van der Waals surface area contributed by atoms with Gasteiger partial charge >= 0.3 is 0 Å². The van der Waals surface area contributed by atoms with Crippen LogP contribution in [-0.4, -0.2) is 49.9 Å². The Morgan fingerprint density at radius 2 is 2.09 bits per heavy atom. The Morgan fingerprint density at radius 1 is 1.30 bits per heavy atom. The van der Waals surface area contributed by atoms with Crippen molar-refractivity contribution in [2.75, 3.05) is 18.4 Å². The van der Waals surface area contributed by atoms with E-state index in [1.165, 1.54) is 0 Å². The first-order valence-corrected chi connectivity index (χ1v) is 7.98. The molecular formula is C16H22N6O. The number of hydrogen-bond acceptors (Lipinski definition) is 5. The average molecular weight is 314 g/mol. The molecule has 1 aliphatic rings. The summed E-state index contributed by atoms with van der Waals surface area (Å²) in [6.07, 6.45) is 5.34. The molecule has 3 heterocycles. The van der Waals surface area contributed by atoms with Crippen LogP contribution in [-0.2, 0) is 4.79 Å². The largest absolute Gasteiger partial charge is 0.366 e. The molecule has 0 aliphatic carbocycles. The van der Waals surface area contributed by atoms with Crippen LogP contribution < -0.4 is 5.32 Å². The van der Waals surface area contributed by atoms with Crippen molar-refractivity contribution in [1.82, 2.24) is 24.9 Å². The van der Waals surface area contributed by atoms with Crippen LogP contribution in [0.1, 0.15) is 31.5 Å². The minimum Gasteiger partial charge on any atom is -0.366 e. The number of nitrogens with one attached hydrogen (secondary N) is 1. The van der Waals surface area contributed by atoms with Crippen molar-refractivity contribution >= 4 is 11.7 Å². The van der Waals surface area contributed by atoms with Crippen LogP contribution in [0.4, 0.5) is 5.82 Å². The minimum atomic E-state index is -0.252. The van der Waals surface area contributed by atoms with Gasteiger partial charge in [0.25, 0.3) is 0 Å². The molecule has 0 saturated carbocycles. The number of rotatable bonds is 4. The topological polar surface area (TPSA) is 75.9 Å². The van der Waals surface area contributed by atoms with Crippen molar-refractivity contribution in [2.24, 2.45) is 0 Å². The Bertz CT molecular complexity index is 631. The molecule has 2 aromatic rings. The fourth-order valence-electron chi connectivity index (χ4n) is 2.82. The highest BCUT2D eigenvalue weighted by atomic mass is 16.2. The third-order valence-electron chi connectivity index (χ3n) is 4.24. The standard InChI is InChI=1S/C16H22N6O/c1-12-4-5-15(20-19-12)18-14-6-10-21(11-7-14)16(23)13(2)22-9-3-8-17-22/h3-5,8-9,13-14H,6-7,10-11H2,1-2H3,(H,18,20)/t13-/m0/s1. The molecule has 0 bridgehead atoms. The maximum Gasteiger partial charge on any atom is 0.247 e. The maximum atomic E-state index is 12.5. The zero-order chi connectivity index (χ0) is 16.2. The summed E-state index contributed by atoms with van der Waals surface area (Å²) in [7, 11) is 0. The molecule has 7 heteroatoms. The Morgan fingerprint density at radius 3 is 2.70 bits per heavy atom. The third kappa shape index (κ3) is 3.67. The number of aryl methyl sites for hydroxylation is 1. The van der Waals surface area contributed by atoms with E-state index in [1.807, 2.05) is 43.1 Å². The quantitative estimate of drug-likeness (QED) is 0.928. The fraction of sp³-hybridized carbons (Fsp3) is 0.500. The summed E-state index contributed by atoms with van der Waals surface area (Å²) in [6, 6.07) is 5.80. The van der Waals surface area contributed by atoms with Crippen LogP contribution in [0.25, 0.3) is 0 Å². The smallest absolute Gasteiger partial charge is 0.247 e. The van der Waals surface area contributed by atoms with Crippen LogP contribution in [0.15, 0.2) is 30.6 Å². The number of aromatic nitrogens is 4. The molecule has 1 aliphatic heterocycles. The molecule has 3 rings (SSSR count). The second-order valence-electron chi connectivity index (χ2n) is 5.97. The second kappa shape index (κ2) is 6.76. The van der Waals surface area contributed by atoms with E-state index in [-0.39, 0.29) is 11.9 Å².